The second-order valence-electron chi connectivity index (χ2n) is 4.28. The molecule has 0 spiro atoms. The molecule has 0 unspecified atom stereocenters. The van der Waals surface area contributed by atoms with E-state index >= 15 is 0 Å². The van der Waals surface area contributed by atoms with E-state index in [-0.39, 0.29) is 18.1 Å². The van der Waals surface area contributed by atoms with Crippen molar-refractivity contribution in [1.82, 2.24) is 0 Å². The molecular weight excluding hydrogens is 202 g/mol. The summed E-state index contributed by atoms with van der Waals surface area (Å²) >= 11 is 0. The van der Waals surface area contributed by atoms with E-state index in [2.05, 4.69) is 0 Å². The minimum absolute atomic E-state index is 0.0464. The number of nitrogens with zero attached hydrogens (tertiary/aromatic N) is 1. The number of amides is 1. The Morgan fingerprint density at radius 1 is 1.12 bits per heavy atom. The van der Waals surface area contributed by atoms with Gasteiger partial charge in [-0.2, -0.15) is 0 Å². The molecule has 1 aliphatic rings. The molecule has 1 saturated heterocycles. The summed E-state index contributed by atoms with van der Waals surface area (Å²) in [4.78, 5) is 24.5. The van der Waals surface area contributed by atoms with E-state index in [4.69, 9.17) is 0 Å². The monoisotopic (exact) mass is 217 g/mol. The van der Waals surface area contributed by atoms with Crippen LogP contribution in [0.5, 0.6) is 0 Å². The molecule has 0 bridgehead atoms. The summed E-state index contributed by atoms with van der Waals surface area (Å²) in [5.74, 6) is -0.0374. The summed E-state index contributed by atoms with van der Waals surface area (Å²) in [6.45, 7) is 4.58. The lowest BCUT2D eigenvalue weighted by molar-refractivity contribution is -0.128. The zero-order valence-electron chi connectivity index (χ0n) is 9.62. The number of Topliss-reactive ketones (excluding diaryl/α,β-unsaturated/α-hetero) is 1. The average Bonchev–Trinajstić information content (AvgIpc) is 2.22. The van der Waals surface area contributed by atoms with Crippen molar-refractivity contribution >= 4 is 17.4 Å². The van der Waals surface area contributed by atoms with Crippen LogP contribution < -0.4 is 4.90 Å². The Kier molecular flexibility index (Phi) is 2.77. The third-order valence-corrected chi connectivity index (χ3v) is 3.07. The van der Waals surface area contributed by atoms with E-state index in [0.717, 1.165) is 5.69 Å². The molecule has 0 saturated carbocycles. The van der Waals surface area contributed by atoms with Gasteiger partial charge in [0.1, 0.15) is 5.78 Å². The first kappa shape index (κ1) is 10.9. The molecule has 0 N–H and O–H groups in total. The lowest BCUT2D eigenvalue weighted by Crippen LogP contribution is -2.39. The van der Waals surface area contributed by atoms with Crippen molar-refractivity contribution in [2.24, 2.45) is 0 Å². The van der Waals surface area contributed by atoms with E-state index < -0.39 is 0 Å². The number of rotatable bonds is 1. The van der Waals surface area contributed by atoms with Crippen LogP contribution in [0, 0.1) is 13.8 Å². The average molecular weight is 217 g/mol. The first-order valence-corrected chi connectivity index (χ1v) is 5.47. The number of hydrogen-bond donors (Lipinski definition) is 0. The number of ketones is 1. The van der Waals surface area contributed by atoms with Crippen molar-refractivity contribution in [2.75, 3.05) is 11.4 Å². The standard InChI is InChI=1S/C13H15NO2/c1-9-3-4-11(7-10(9)2)14-6-5-12(15)8-13(14)16/h3-4,7H,5-6,8H2,1-2H3. The summed E-state index contributed by atoms with van der Waals surface area (Å²) in [5.41, 5.74) is 3.28. The van der Waals surface area contributed by atoms with Crippen molar-refractivity contribution < 1.29 is 9.59 Å². The number of piperidine rings is 1. The molecule has 1 aliphatic heterocycles. The highest BCUT2D eigenvalue weighted by Crippen LogP contribution is 2.22. The van der Waals surface area contributed by atoms with Crippen molar-refractivity contribution in [3.63, 3.8) is 0 Å². The predicted molar refractivity (Wildman–Crippen MR) is 62.5 cm³/mol. The number of hydrogen-bond acceptors (Lipinski definition) is 2. The molecule has 1 aromatic rings. The van der Waals surface area contributed by atoms with Gasteiger partial charge in [-0.05, 0) is 37.1 Å². The topological polar surface area (TPSA) is 37.4 Å². The quantitative estimate of drug-likeness (QED) is 0.675. The fourth-order valence-electron chi connectivity index (χ4n) is 1.88. The van der Waals surface area contributed by atoms with Gasteiger partial charge in [-0.25, -0.2) is 0 Å². The van der Waals surface area contributed by atoms with Gasteiger partial charge >= 0.3 is 0 Å². The van der Waals surface area contributed by atoms with Gasteiger partial charge in [-0.3, -0.25) is 9.59 Å². The highest BCUT2D eigenvalue weighted by atomic mass is 16.2. The van der Waals surface area contributed by atoms with E-state index in [1.54, 1.807) is 4.90 Å². The third kappa shape index (κ3) is 1.98. The summed E-state index contributed by atoms with van der Waals surface area (Å²) in [6, 6.07) is 5.95. The molecule has 2 rings (SSSR count). The number of carbonyl (C=O) groups is 2. The smallest absolute Gasteiger partial charge is 0.234 e. The lowest BCUT2D eigenvalue weighted by atomic mass is 10.1. The van der Waals surface area contributed by atoms with Gasteiger partial charge in [-0.15, -0.1) is 0 Å². The molecule has 1 amide bonds. The van der Waals surface area contributed by atoms with Crippen LogP contribution >= 0.6 is 0 Å². The zero-order chi connectivity index (χ0) is 11.7. The molecule has 16 heavy (non-hydrogen) atoms. The van der Waals surface area contributed by atoms with Gasteiger partial charge in [0.2, 0.25) is 5.91 Å². The first-order valence-electron chi connectivity index (χ1n) is 5.47. The molecule has 1 heterocycles. The number of aryl methyl sites for hydroxylation is 2. The fourth-order valence-corrected chi connectivity index (χ4v) is 1.88. The second kappa shape index (κ2) is 4.08. The van der Waals surface area contributed by atoms with Crippen molar-refractivity contribution in [3.05, 3.63) is 29.3 Å². The lowest BCUT2D eigenvalue weighted by Gasteiger charge is -2.26. The van der Waals surface area contributed by atoms with Gasteiger partial charge in [-0.1, -0.05) is 6.07 Å². The van der Waals surface area contributed by atoms with Gasteiger partial charge in [0.05, 0.1) is 6.42 Å². The summed E-state index contributed by atoms with van der Waals surface area (Å²) in [7, 11) is 0. The molecule has 0 atom stereocenters. The molecular formula is C13H15NO2. The van der Waals surface area contributed by atoms with Crippen LogP contribution in [-0.2, 0) is 9.59 Å². The van der Waals surface area contributed by atoms with Crippen LogP contribution in [0.15, 0.2) is 18.2 Å². The summed E-state index contributed by atoms with van der Waals surface area (Å²) in [6.07, 6.45) is 0.519. The normalized spacial score (nSPS) is 16.8. The molecule has 0 aliphatic carbocycles. The van der Waals surface area contributed by atoms with Crippen LogP contribution in [-0.4, -0.2) is 18.2 Å². The van der Waals surface area contributed by atoms with Crippen molar-refractivity contribution in [1.29, 1.82) is 0 Å². The van der Waals surface area contributed by atoms with E-state index in [9.17, 15) is 9.59 Å². The Bertz CT molecular complexity index is 451. The Balaban J connectivity index is 2.27. The number of benzene rings is 1. The minimum atomic E-state index is -0.0838. The van der Waals surface area contributed by atoms with Crippen LogP contribution in [0.2, 0.25) is 0 Å². The fraction of sp³-hybridized carbons (Fsp3) is 0.385. The zero-order valence-corrected chi connectivity index (χ0v) is 9.62. The number of anilines is 1. The molecule has 3 nitrogen and oxygen atoms in total. The molecule has 0 radical (unpaired) electrons. The minimum Gasteiger partial charge on any atom is -0.312 e. The van der Waals surface area contributed by atoms with Crippen LogP contribution in [0.4, 0.5) is 5.69 Å². The van der Waals surface area contributed by atoms with Crippen molar-refractivity contribution in [3.8, 4) is 0 Å². The maximum Gasteiger partial charge on any atom is 0.234 e. The maximum absolute atomic E-state index is 11.7. The second-order valence-corrected chi connectivity index (χ2v) is 4.28. The largest absolute Gasteiger partial charge is 0.312 e. The number of carbonyl (C=O) groups excluding carboxylic acids is 2. The first-order chi connectivity index (χ1) is 7.58. The highest BCUT2D eigenvalue weighted by molar-refractivity contribution is 6.08. The van der Waals surface area contributed by atoms with Gasteiger partial charge in [0, 0.05) is 18.7 Å². The van der Waals surface area contributed by atoms with Crippen LogP contribution in [0.25, 0.3) is 0 Å². The molecule has 1 fully saturated rings. The third-order valence-electron chi connectivity index (χ3n) is 3.07. The molecule has 1 aromatic carbocycles. The van der Waals surface area contributed by atoms with Gasteiger partial charge in [0.15, 0.2) is 0 Å². The predicted octanol–water partition coefficient (Wildman–Crippen LogP) is 2.00. The van der Waals surface area contributed by atoms with Gasteiger partial charge < -0.3 is 4.90 Å². The van der Waals surface area contributed by atoms with Crippen LogP contribution in [0.1, 0.15) is 24.0 Å². The van der Waals surface area contributed by atoms with E-state index in [1.807, 2.05) is 32.0 Å². The maximum atomic E-state index is 11.7. The van der Waals surface area contributed by atoms with E-state index in [1.165, 1.54) is 11.1 Å². The Labute approximate surface area is 95.1 Å². The SMILES string of the molecule is Cc1ccc(N2CCC(=O)CC2=O)cc1C. The van der Waals surface area contributed by atoms with E-state index in [0.29, 0.717) is 13.0 Å². The van der Waals surface area contributed by atoms with Crippen LogP contribution in [0.3, 0.4) is 0 Å². The molecule has 0 aromatic heterocycles. The molecule has 84 valence electrons. The van der Waals surface area contributed by atoms with Gasteiger partial charge in [0.25, 0.3) is 0 Å². The Hall–Kier alpha value is -1.64. The Morgan fingerprint density at radius 2 is 1.88 bits per heavy atom. The molecule has 3 heteroatoms. The Morgan fingerprint density at radius 3 is 2.50 bits per heavy atom. The summed E-state index contributed by atoms with van der Waals surface area (Å²) in [5, 5.41) is 0. The summed E-state index contributed by atoms with van der Waals surface area (Å²) < 4.78 is 0. The highest BCUT2D eigenvalue weighted by Gasteiger charge is 2.24. The van der Waals surface area contributed by atoms with Crippen molar-refractivity contribution in [2.45, 2.75) is 26.7 Å².